The molecule has 106 valence electrons. The minimum Gasteiger partial charge on any atom is -0.366 e. The molecule has 2 rings (SSSR count). The van der Waals surface area contributed by atoms with Crippen molar-refractivity contribution in [2.45, 2.75) is 46.1 Å². The van der Waals surface area contributed by atoms with Crippen LogP contribution in [0.2, 0.25) is 0 Å². The van der Waals surface area contributed by atoms with Crippen LogP contribution >= 0.6 is 0 Å². The third-order valence-electron chi connectivity index (χ3n) is 4.06. The van der Waals surface area contributed by atoms with E-state index in [4.69, 9.17) is 5.73 Å². The Hall–Kier alpha value is -1.59. The summed E-state index contributed by atoms with van der Waals surface area (Å²) < 4.78 is 0. The van der Waals surface area contributed by atoms with E-state index in [2.05, 4.69) is 41.3 Å². The average molecular weight is 265 g/mol. The lowest BCUT2D eigenvalue weighted by molar-refractivity contribution is 0.0858. The summed E-state index contributed by atoms with van der Waals surface area (Å²) in [5.74, 6) is 1.83. The van der Waals surface area contributed by atoms with Gasteiger partial charge in [0.2, 0.25) is 11.8 Å². The molecule has 1 aliphatic carbocycles. The summed E-state index contributed by atoms with van der Waals surface area (Å²) in [4.78, 5) is 16.0. The predicted octanol–water partition coefficient (Wildman–Crippen LogP) is 1.58. The van der Waals surface area contributed by atoms with Crippen molar-refractivity contribution in [3.63, 3.8) is 0 Å². The molecule has 0 bridgehead atoms. The van der Waals surface area contributed by atoms with Crippen molar-refractivity contribution >= 4 is 11.9 Å². The maximum Gasteiger partial charge on any atom is 0.288 e. The molecule has 0 aromatic carbocycles. The molecule has 1 amide bonds. The summed E-state index contributed by atoms with van der Waals surface area (Å²) in [6, 6.07) is 0.211. The standard InChI is InChI=1S/C13H23N5O/c1-7(2)9-5-4-8(3)6-10(9)15-12(19)11-16-13(14)18-17-11/h7-10H,4-6H2,1-3H3,(H,15,19)(H3,14,16,17,18). The average Bonchev–Trinajstić information content (AvgIpc) is 2.75. The number of nitrogens with one attached hydrogen (secondary N) is 2. The highest BCUT2D eigenvalue weighted by atomic mass is 16.2. The molecule has 4 N–H and O–H groups in total. The van der Waals surface area contributed by atoms with E-state index in [0.29, 0.717) is 17.8 Å². The van der Waals surface area contributed by atoms with E-state index in [0.717, 1.165) is 6.42 Å². The van der Waals surface area contributed by atoms with Gasteiger partial charge in [-0.05, 0) is 30.6 Å². The molecule has 6 heteroatoms. The fourth-order valence-corrected chi connectivity index (χ4v) is 2.98. The number of aromatic nitrogens is 3. The molecule has 0 saturated heterocycles. The number of hydrogen-bond donors (Lipinski definition) is 3. The zero-order valence-electron chi connectivity index (χ0n) is 11.8. The number of H-pyrrole nitrogens is 1. The molecule has 19 heavy (non-hydrogen) atoms. The molecular formula is C13H23N5O. The van der Waals surface area contributed by atoms with Crippen LogP contribution in [0.25, 0.3) is 0 Å². The van der Waals surface area contributed by atoms with Gasteiger partial charge in [-0.3, -0.25) is 9.89 Å². The summed E-state index contributed by atoms with van der Waals surface area (Å²) in [7, 11) is 0. The SMILES string of the molecule is CC1CCC(C(C)C)C(NC(=O)c2nc(N)n[nH]2)C1. The number of rotatable bonds is 3. The second-order valence-electron chi connectivity index (χ2n) is 5.95. The van der Waals surface area contributed by atoms with E-state index in [1.54, 1.807) is 0 Å². The van der Waals surface area contributed by atoms with Gasteiger partial charge in [-0.2, -0.15) is 4.98 Å². The lowest BCUT2D eigenvalue weighted by Crippen LogP contribution is -2.45. The van der Waals surface area contributed by atoms with Crippen molar-refractivity contribution in [3.05, 3.63) is 5.82 Å². The van der Waals surface area contributed by atoms with E-state index in [1.807, 2.05) is 0 Å². The predicted molar refractivity (Wildman–Crippen MR) is 73.4 cm³/mol. The molecule has 1 saturated carbocycles. The Labute approximate surface area is 113 Å². The number of amides is 1. The molecule has 1 aliphatic rings. The van der Waals surface area contributed by atoms with Gasteiger partial charge < -0.3 is 11.1 Å². The van der Waals surface area contributed by atoms with Crippen molar-refractivity contribution < 1.29 is 4.79 Å². The van der Waals surface area contributed by atoms with Crippen LogP contribution in [0.15, 0.2) is 0 Å². The van der Waals surface area contributed by atoms with Gasteiger partial charge in [-0.1, -0.05) is 27.2 Å². The van der Waals surface area contributed by atoms with Gasteiger partial charge in [0.15, 0.2) is 0 Å². The first-order valence-electron chi connectivity index (χ1n) is 6.96. The van der Waals surface area contributed by atoms with E-state index in [1.165, 1.54) is 12.8 Å². The second-order valence-corrected chi connectivity index (χ2v) is 5.95. The van der Waals surface area contributed by atoms with Crippen molar-refractivity contribution in [1.82, 2.24) is 20.5 Å². The van der Waals surface area contributed by atoms with Gasteiger partial charge in [-0.25, -0.2) is 0 Å². The number of carbonyl (C=O) groups is 1. The van der Waals surface area contributed by atoms with Crippen LogP contribution in [0.3, 0.4) is 0 Å². The fraction of sp³-hybridized carbons (Fsp3) is 0.769. The molecule has 1 fully saturated rings. The molecule has 0 radical (unpaired) electrons. The Morgan fingerprint density at radius 2 is 2.21 bits per heavy atom. The van der Waals surface area contributed by atoms with Crippen molar-refractivity contribution in [2.24, 2.45) is 17.8 Å². The monoisotopic (exact) mass is 265 g/mol. The third kappa shape index (κ3) is 3.24. The molecule has 6 nitrogen and oxygen atoms in total. The third-order valence-corrected chi connectivity index (χ3v) is 4.06. The Morgan fingerprint density at radius 1 is 1.47 bits per heavy atom. The molecule has 0 aliphatic heterocycles. The van der Waals surface area contributed by atoms with Gasteiger partial charge in [0.25, 0.3) is 5.91 Å². The van der Waals surface area contributed by atoms with Crippen molar-refractivity contribution in [2.75, 3.05) is 5.73 Å². The molecule has 3 unspecified atom stereocenters. The van der Waals surface area contributed by atoms with Crippen LogP contribution in [-0.2, 0) is 0 Å². The van der Waals surface area contributed by atoms with E-state index in [-0.39, 0.29) is 23.7 Å². The molecule has 3 atom stereocenters. The summed E-state index contributed by atoms with van der Waals surface area (Å²) in [6.07, 6.45) is 3.44. The first-order valence-corrected chi connectivity index (χ1v) is 6.96. The largest absolute Gasteiger partial charge is 0.366 e. The Bertz CT molecular complexity index is 442. The molecular weight excluding hydrogens is 242 g/mol. The number of carbonyl (C=O) groups excluding carboxylic acids is 1. The summed E-state index contributed by atoms with van der Waals surface area (Å²) in [5, 5.41) is 9.31. The van der Waals surface area contributed by atoms with Gasteiger partial charge in [0, 0.05) is 6.04 Å². The smallest absolute Gasteiger partial charge is 0.288 e. The summed E-state index contributed by atoms with van der Waals surface area (Å²) in [5.41, 5.74) is 5.41. The molecule has 1 aromatic heterocycles. The quantitative estimate of drug-likeness (QED) is 0.773. The highest BCUT2D eigenvalue weighted by molar-refractivity contribution is 5.90. The zero-order valence-corrected chi connectivity index (χ0v) is 11.8. The number of anilines is 1. The Kier molecular flexibility index (Phi) is 4.07. The second kappa shape index (κ2) is 5.59. The molecule has 1 aromatic rings. The number of nitrogen functional groups attached to an aromatic ring is 1. The number of hydrogen-bond acceptors (Lipinski definition) is 4. The number of nitrogens with two attached hydrogens (primary N) is 1. The van der Waals surface area contributed by atoms with Gasteiger partial charge in [-0.15, -0.1) is 5.10 Å². The van der Waals surface area contributed by atoms with Crippen LogP contribution in [0.5, 0.6) is 0 Å². The van der Waals surface area contributed by atoms with Gasteiger partial charge >= 0.3 is 0 Å². The minimum absolute atomic E-state index is 0.0996. The Morgan fingerprint density at radius 3 is 2.79 bits per heavy atom. The van der Waals surface area contributed by atoms with Crippen LogP contribution in [0.4, 0.5) is 5.95 Å². The van der Waals surface area contributed by atoms with E-state index >= 15 is 0 Å². The van der Waals surface area contributed by atoms with Gasteiger partial charge in [0.05, 0.1) is 0 Å². The van der Waals surface area contributed by atoms with Crippen LogP contribution in [-0.4, -0.2) is 27.1 Å². The van der Waals surface area contributed by atoms with E-state index in [9.17, 15) is 4.79 Å². The lowest BCUT2D eigenvalue weighted by atomic mass is 9.74. The highest BCUT2D eigenvalue weighted by Crippen LogP contribution is 2.33. The van der Waals surface area contributed by atoms with Crippen molar-refractivity contribution in [1.29, 1.82) is 0 Å². The van der Waals surface area contributed by atoms with E-state index < -0.39 is 0 Å². The molecule has 1 heterocycles. The van der Waals surface area contributed by atoms with Crippen LogP contribution in [0.1, 0.15) is 50.7 Å². The number of aromatic amines is 1. The lowest BCUT2D eigenvalue weighted by Gasteiger charge is -2.37. The normalized spacial score (nSPS) is 27.5. The first-order chi connectivity index (χ1) is 8.97. The fourth-order valence-electron chi connectivity index (χ4n) is 2.98. The summed E-state index contributed by atoms with van der Waals surface area (Å²) >= 11 is 0. The first kappa shape index (κ1) is 13.8. The maximum atomic E-state index is 12.1. The topological polar surface area (TPSA) is 96.7 Å². The van der Waals surface area contributed by atoms with Gasteiger partial charge in [0.1, 0.15) is 0 Å². The zero-order chi connectivity index (χ0) is 14.0. The highest BCUT2D eigenvalue weighted by Gasteiger charge is 2.32. The number of nitrogens with zero attached hydrogens (tertiary/aromatic N) is 2. The van der Waals surface area contributed by atoms with Crippen molar-refractivity contribution in [3.8, 4) is 0 Å². The molecule has 0 spiro atoms. The Balaban J connectivity index is 2.04. The summed E-state index contributed by atoms with van der Waals surface area (Å²) in [6.45, 7) is 6.67. The minimum atomic E-state index is -0.214. The van der Waals surface area contributed by atoms with Crippen LogP contribution in [0, 0.1) is 17.8 Å². The van der Waals surface area contributed by atoms with Crippen LogP contribution < -0.4 is 11.1 Å². The maximum absolute atomic E-state index is 12.1.